The number of fused-ring (bicyclic) bond motifs is 1. The van der Waals surface area contributed by atoms with Gasteiger partial charge < -0.3 is 0 Å². The Morgan fingerprint density at radius 3 is 2.67 bits per heavy atom. The molecular weight excluding hydrogens is 402 g/mol. The van der Waals surface area contributed by atoms with E-state index in [-0.39, 0.29) is 6.04 Å². The lowest BCUT2D eigenvalue weighted by Gasteiger charge is -2.21. The summed E-state index contributed by atoms with van der Waals surface area (Å²) >= 11 is 0. The van der Waals surface area contributed by atoms with Crippen molar-refractivity contribution in [3.8, 4) is 23.3 Å². The van der Waals surface area contributed by atoms with E-state index < -0.39 is 10.0 Å². The molecule has 1 atom stereocenters. The largest absolute Gasteiger partial charge is 0.282 e. The number of hydrogen-bond donors (Lipinski definition) is 1. The Hall–Kier alpha value is -3.37. The van der Waals surface area contributed by atoms with E-state index in [0.717, 1.165) is 24.7 Å². The number of aromatic nitrogens is 4. The lowest BCUT2D eigenvalue weighted by atomic mass is 9.96. The minimum atomic E-state index is -3.44. The third-order valence-corrected chi connectivity index (χ3v) is 6.14. The fourth-order valence-corrected chi connectivity index (χ4v) is 4.81. The van der Waals surface area contributed by atoms with Crippen LogP contribution in [0.5, 0.6) is 0 Å². The molecule has 1 aliphatic rings. The van der Waals surface area contributed by atoms with Crippen molar-refractivity contribution >= 4 is 21.2 Å². The van der Waals surface area contributed by atoms with Gasteiger partial charge in [-0.1, -0.05) is 12.8 Å². The van der Waals surface area contributed by atoms with Crippen LogP contribution in [0, 0.1) is 28.6 Å². The number of nitriles is 2. The van der Waals surface area contributed by atoms with Gasteiger partial charge in [-0.2, -0.15) is 20.7 Å². The van der Waals surface area contributed by atoms with Crippen LogP contribution in [0.3, 0.4) is 0 Å². The predicted octanol–water partition coefficient (Wildman–Crippen LogP) is 3.09. The number of anilines is 1. The van der Waals surface area contributed by atoms with Gasteiger partial charge in [0.1, 0.15) is 6.07 Å². The van der Waals surface area contributed by atoms with Crippen molar-refractivity contribution in [2.24, 2.45) is 5.92 Å². The highest BCUT2D eigenvalue weighted by Crippen LogP contribution is 2.37. The molecule has 9 nitrogen and oxygen atoms in total. The molecule has 1 aliphatic carbocycles. The summed E-state index contributed by atoms with van der Waals surface area (Å²) < 4.78 is 29.0. The molecule has 3 aromatic rings. The first-order valence-electron chi connectivity index (χ1n) is 9.70. The van der Waals surface area contributed by atoms with Gasteiger partial charge in [0.25, 0.3) is 0 Å². The molecule has 0 spiro atoms. The van der Waals surface area contributed by atoms with Crippen LogP contribution in [0.15, 0.2) is 30.9 Å². The highest BCUT2D eigenvalue weighted by atomic mass is 32.2. The highest BCUT2D eigenvalue weighted by molar-refractivity contribution is 7.92. The maximum absolute atomic E-state index is 11.6. The van der Waals surface area contributed by atoms with E-state index in [1.807, 2.05) is 10.9 Å². The molecule has 0 aromatic carbocycles. The lowest BCUT2D eigenvalue weighted by Crippen LogP contribution is -2.17. The topological polar surface area (TPSA) is 129 Å². The Kier molecular flexibility index (Phi) is 5.18. The second-order valence-electron chi connectivity index (χ2n) is 7.66. The Bertz CT molecular complexity index is 1270. The van der Waals surface area contributed by atoms with E-state index in [1.165, 1.54) is 23.6 Å². The highest BCUT2D eigenvalue weighted by Gasteiger charge is 2.27. The van der Waals surface area contributed by atoms with Crippen LogP contribution in [-0.2, 0) is 10.0 Å². The molecule has 1 fully saturated rings. The first kappa shape index (κ1) is 19.9. The predicted molar refractivity (Wildman–Crippen MR) is 111 cm³/mol. The van der Waals surface area contributed by atoms with E-state index in [1.54, 1.807) is 18.5 Å². The zero-order valence-corrected chi connectivity index (χ0v) is 17.3. The summed E-state index contributed by atoms with van der Waals surface area (Å²) in [6.45, 7) is 0. The lowest BCUT2D eigenvalue weighted by molar-refractivity contribution is 0.315. The van der Waals surface area contributed by atoms with Crippen molar-refractivity contribution in [1.82, 2.24) is 19.4 Å². The van der Waals surface area contributed by atoms with Crippen LogP contribution in [0.1, 0.15) is 43.7 Å². The normalized spacial score (nSPS) is 15.7. The molecule has 1 N–H and O–H groups in total. The van der Waals surface area contributed by atoms with Crippen molar-refractivity contribution in [3.05, 3.63) is 36.4 Å². The maximum atomic E-state index is 11.6. The van der Waals surface area contributed by atoms with Gasteiger partial charge in [0, 0.05) is 17.3 Å². The van der Waals surface area contributed by atoms with E-state index >= 15 is 0 Å². The van der Waals surface area contributed by atoms with E-state index in [4.69, 9.17) is 0 Å². The summed E-state index contributed by atoms with van der Waals surface area (Å²) in [5.41, 5.74) is 2.68. The summed E-state index contributed by atoms with van der Waals surface area (Å²) in [7, 11) is -3.44. The van der Waals surface area contributed by atoms with E-state index in [0.29, 0.717) is 34.7 Å². The fraction of sp³-hybridized carbons (Fsp3) is 0.400. The van der Waals surface area contributed by atoms with Crippen molar-refractivity contribution in [3.63, 3.8) is 0 Å². The third-order valence-electron chi connectivity index (χ3n) is 5.54. The molecular formula is C20H21N7O2S. The van der Waals surface area contributed by atoms with Crippen LogP contribution < -0.4 is 4.72 Å². The molecule has 0 bridgehead atoms. The SMILES string of the molecule is CS(=O)(=O)Nc1cc2c(-c3cnn(C(CC#N)C4CCCC4)c3)c(C#N)cnn2c1. The number of nitrogens with one attached hydrogen (secondary N) is 1. The standard InChI is InChI=1S/C20H21N7O2S/c1-30(28,29)25-17-8-19-20(15(9-22)10-23-27(19)13-17)16-11-24-26(12-16)18(6-7-21)14-4-2-3-5-14/h8,10-14,18,25H,2-6H2,1H3. The van der Waals surface area contributed by atoms with Gasteiger partial charge in [-0.15, -0.1) is 0 Å². The van der Waals surface area contributed by atoms with E-state index in [9.17, 15) is 18.9 Å². The Balaban J connectivity index is 1.79. The summed E-state index contributed by atoms with van der Waals surface area (Å²) in [6, 6.07) is 6.08. The van der Waals surface area contributed by atoms with Gasteiger partial charge >= 0.3 is 0 Å². The van der Waals surface area contributed by atoms with Crippen LogP contribution in [0.25, 0.3) is 16.6 Å². The molecule has 1 saturated carbocycles. The Morgan fingerprint density at radius 1 is 1.23 bits per heavy atom. The van der Waals surface area contributed by atoms with Gasteiger partial charge in [-0.25, -0.2) is 12.9 Å². The molecule has 0 radical (unpaired) electrons. The van der Waals surface area contributed by atoms with Gasteiger partial charge in [0.05, 0.1) is 60.1 Å². The zero-order chi connectivity index (χ0) is 21.3. The van der Waals surface area contributed by atoms with Gasteiger partial charge in [0.15, 0.2) is 0 Å². The zero-order valence-electron chi connectivity index (χ0n) is 16.5. The molecule has 0 saturated heterocycles. The summed E-state index contributed by atoms with van der Waals surface area (Å²) in [5, 5.41) is 27.7. The molecule has 3 heterocycles. The van der Waals surface area contributed by atoms with Crippen LogP contribution in [-0.4, -0.2) is 34.1 Å². The van der Waals surface area contributed by atoms with Crippen molar-refractivity contribution in [2.45, 2.75) is 38.1 Å². The molecule has 3 aromatic heterocycles. The first-order valence-corrected chi connectivity index (χ1v) is 11.6. The third kappa shape index (κ3) is 3.87. The molecule has 4 rings (SSSR count). The fourth-order valence-electron chi connectivity index (χ4n) is 4.28. The van der Waals surface area contributed by atoms with E-state index in [2.05, 4.69) is 27.1 Å². The molecule has 0 amide bonds. The molecule has 1 unspecified atom stereocenters. The van der Waals surface area contributed by atoms with Gasteiger partial charge in [-0.05, 0) is 24.8 Å². The molecule has 0 aliphatic heterocycles. The van der Waals surface area contributed by atoms with Crippen molar-refractivity contribution in [1.29, 1.82) is 10.5 Å². The smallest absolute Gasteiger partial charge is 0.229 e. The summed E-state index contributed by atoms with van der Waals surface area (Å²) in [5.74, 6) is 0.421. The van der Waals surface area contributed by atoms with Crippen LogP contribution >= 0.6 is 0 Å². The first-order chi connectivity index (χ1) is 14.4. The Morgan fingerprint density at radius 2 is 2.00 bits per heavy atom. The minimum absolute atomic E-state index is 0.00360. The quantitative estimate of drug-likeness (QED) is 0.648. The van der Waals surface area contributed by atoms with Crippen LogP contribution in [0.4, 0.5) is 5.69 Å². The number of rotatable bonds is 6. The summed E-state index contributed by atoms with van der Waals surface area (Å²) in [4.78, 5) is 0. The molecule has 154 valence electrons. The van der Waals surface area contributed by atoms with Crippen molar-refractivity contribution in [2.75, 3.05) is 11.0 Å². The monoisotopic (exact) mass is 423 g/mol. The Labute approximate surface area is 174 Å². The second kappa shape index (κ2) is 7.81. The molecule has 30 heavy (non-hydrogen) atoms. The van der Waals surface area contributed by atoms with Gasteiger partial charge in [-0.3, -0.25) is 9.40 Å². The molecule has 10 heteroatoms. The number of hydrogen-bond acceptors (Lipinski definition) is 6. The minimum Gasteiger partial charge on any atom is -0.282 e. The maximum Gasteiger partial charge on any atom is 0.229 e. The van der Waals surface area contributed by atoms with Crippen molar-refractivity contribution < 1.29 is 8.42 Å². The number of nitrogens with zero attached hydrogens (tertiary/aromatic N) is 6. The average molecular weight is 424 g/mol. The van der Waals surface area contributed by atoms with Crippen LogP contribution in [0.2, 0.25) is 0 Å². The average Bonchev–Trinajstić information content (AvgIpc) is 3.43. The second-order valence-corrected chi connectivity index (χ2v) is 9.41. The summed E-state index contributed by atoms with van der Waals surface area (Å²) in [6.07, 6.45) is 12.5. The number of sulfonamides is 1. The van der Waals surface area contributed by atoms with Gasteiger partial charge in [0.2, 0.25) is 10.0 Å².